The number of fused-ring (bicyclic) bond motifs is 2. The molecular weight excluding hydrogens is 172 g/mol. The lowest BCUT2D eigenvalue weighted by Crippen LogP contribution is -2.38. The molecule has 0 radical (unpaired) electrons. The summed E-state index contributed by atoms with van der Waals surface area (Å²) in [6, 6.07) is 6.92. The normalized spacial score (nSPS) is 28.9. The van der Waals surface area contributed by atoms with Crippen LogP contribution in [0.25, 0.3) is 0 Å². The Morgan fingerprint density at radius 3 is 2.86 bits per heavy atom. The number of rotatable bonds is 1. The average Bonchev–Trinajstić information content (AvgIpc) is 2.55. The van der Waals surface area contributed by atoms with E-state index in [4.69, 9.17) is 4.74 Å². The largest absolute Gasteiger partial charge is 0.370 e. The first-order valence-electron chi connectivity index (χ1n) is 5.60. The molecule has 1 fully saturated rings. The molecule has 1 spiro atoms. The van der Waals surface area contributed by atoms with Crippen LogP contribution in [-0.4, -0.2) is 6.61 Å². The van der Waals surface area contributed by atoms with E-state index < -0.39 is 0 Å². The van der Waals surface area contributed by atoms with Crippen LogP contribution >= 0.6 is 0 Å². The second kappa shape index (κ2) is 2.83. The molecule has 0 bridgehead atoms. The summed E-state index contributed by atoms with van der Waals surface area (Å²) in [5, 5.41) is 0. The van der Waals surface area contributed by atoms with Gasteiger partial charge in [0.1, 0.15) is 0 Å². The van der Waals surface area contributed by atoms with Gasteiger partial charge in [-0.05, 0) is 36.0 Å². The van der Waals surface area contributed by atoms with Gasteiger partial charge < -0.3 is 4.74 Å². The molecule has 2 aliphatic rings. The van der Waals surface area contributed by atoms with Gasteiger partial charge in [0, 0.05) is 6.42 Å². The monoisotopic (exact) mass is 188 g/mol. The van der Waals surface area contributed by atoms with Gasteiger partial charge in [0.25, 0.3) is 0 Å². The van der Waals surface area contributed by atoms with E-state index in [-0.39, 0.29) is 5.60 Å². The van der Waals surface area contributed by atoms with Gasteiger partial charge >= 0.3 is 0 Å². The van der Waals surface area contributed by atoms with Gasteiger partial charge in [-0.3, -0.25) is 0 Å². The summed E-state index contributed by atoms with van der Waals surface area (Å²) in [6.45, 7) is 3.17. The first kappa shape index (κ1) is 8.49. The van der Waals surface area contributed by atoms with Crippen LogP contribution in [0.1, 0.15) is 36.5 Å². The molecule has 1 aliphatic carbocycles. The van der Waals surface area contributed by atoms with Crippen LogP contribution in [0, 0.1) is 0 Å². The number of hydrogen-bond donors (Lipinski definition) is 0. The van der Waals surface area contributed by atoms with Crippen molar-refractivity contribution >= 4 is 0 Å². The molecule has 0 aromatic heterocycles. The first-order valence-corrected chi connectivity index (χ1v) is 5.60. The topological polar surface area (TPSA) is 9.23 Å². The van der Waals surface area contributed by atoms with Crippen LogP contribution < -0.4 is 0 Å². The van der Waals surface area contributed by atoms with Gasteiger partial charge in [-0.25, -0.2) is 0 Å². The predicted octanol–water partition coefficient (Wildman–Crippen LogP) is 2.81. The van der Waals surface area contributed by atoms with E-state index in [2.05, 4.69) is 25.1 Å². The van der Waals surface area contributed by atoms with Gasteiger partial charge in [-0.15, -0.1) is 0 Å². The highest BCUT2D eigenvalue weighted by atomic mass is 16.5. The van der Waals surface area contributed by atoms with Gasteiger partial charge in [0.2, 0.25) is 0 Å². The molecule has 1 aromatic carbocycles. The third kappa shape index (κ3) is 0.992. The highest BCUT2D eigenvalue weighted by Gasteiger charge is 2.44. The lowest BCUT2D eigenvalue weighted by Gasteiger charge is -2.39. The Bertz CT molecular complexity index is 363. The second-order valence-corrected chi connectivity index (χ2v) is 4.44. The molecule has 14 heavy (non-hydrogen) atoms. The van der Waals surface area contributed by atoms with Crippen LogP contribution in [0.2, 0.25) is 0 Å². The highest BCUT2D eigenvalue weighted by Crippen LogP contribution is 2.48. The Morgan fingerprint density at radius 1 is 1.36 bits per heavy atom. The number of aryl methyl sites for hydroxylation is 2. The van der Waals surface area contributed by atoms with E-state index in [0.29, 0.717) is 0 Å². The van der Waals surface area contributed by atoms with Crippen molar-refractivity contribution in [1.82, 2.24) is 0 Å². The lowest BCUT2D eigenvalue weighted by atomic mass is 9.87. The Hall–Kier alpha value is -0.820. The summed E-state index contributed by atoms with van der Waals surface area (Å²) in [5.74, 6) is 0. The van der Waals surface area contributed by atoms with Crippen molar-refractivity contribution in [3.8, 4) is 0 Å². The van der Waals surface area contributed by atoms with E-state index in [1.165, 1.54) is 36.0 Å². The zero-order valence-electron chi connectivity index (χ0n) is 8.68. The molecule has 1 atom stereocenters. The van der Waals surface area contributed by atoms with Crippen molar-refractivity contribution in [2.24, 2.45) is 0 Å². The van der Waals surface area contributed by atoms with Crippen molar-refractivity contribution in [3.05, 3.63) is 34.9 Å². The van der Waals surface area contributed by atoms with Crippen molar-refractivity contribution in [2.45, 2.75) is 38.2 Å². The smallest absolute Gasteiger partial charge is 0.0959 e. The van der Waals surface area contributed by atoms with Crippen LogP contribution in [0.3, 0.4) is 0 Å². The Labute approximate surface area is 85.1 Å². The summed E-state index contributed by atoms with van der Waals surface area (Å²) in [7, 11) is 0. The molecule has 0 saturated carbocycles. The molecule has 1 unspecified atom stereocenters. The molecule has 1 heteroatoms. The maximum atomic E-state index is 5.81. The highest BCUT2D eigenvalue weighted by molar-refractivity contribution is 5.41. The van der Waals surface area contributed by atoms with Crippen LogP contribution in [0.15, 0.2) is 18.2 Å². The van der Waals surface area contributed by atoms with Gasteiger partial charge in [0.15, 0.2) is 0 Å². The van der Waals surface area contributed by atoms with Gasteiger partial charge in [-0.1, -0.05) is 25.1 Å². The van der Waals surface area contributed by atoms with Crippen molar-refractivity contribution < 1.29 is 4.74 Å². The summed E-state index contributed by atoms with van der Waals surface area (Å²) in [6.07, 6.45) is 4.77. The van der Waals surface area contributed by atoms with E-state index >= 15 is 0 Å². The van der Waals surface area contributed by atoms with Crippen molar-refractivity contribution in [1.29, 1.82) is 0 Å². The Balaban J connectivity index is 2.08. The molecule has 1 saturated heterocycles. The van der Waals surface area contributed by atoms with E-state index in [0.717, 1.165) is 13.0 Å². The van der Waals surface area contributed by atoms with E-state index in [1.807, 2.05) is 0 Å². The molecule has 1 aliphatic heterocycles. The zero-order valence-corrected chi connectivity index (χ0v) is 8.68. The molecule has 0 amide bonds. The second-order valence-electron chi connectivity index (χ2n) is 4.44. The number of ether oxygens (including phenoxy) is 1. The van der Waals surface area contributed by atoms with E-state index in [9.17, 15) is 0 Å². The molecule has 1 nitrogen and oxygen atoms in total. The third-order valence-corrected chi connectivity index (χ3v) is 3.76. The molecule has 1 aromatic rings. The Kier molecular flexibility index (Phi) is 1.72. The zero-order chi connectivity index (χ0) is 9.60. The SMILES string of the molecule is CCc1ccc2c(c1)C1(CCO1)CC2. The predicted molar refractivity (Wildman–Crippen MR) is 56.4 cm³/mol. The van der Waals surface area contributed by atoms with Gasteiger partial charge in [0.05, 0.1) is 12.2 Å². The maximum absolute atomic E-state index is 5.81. The fourth-order valence-corrected chi connectivity index (χ4v) is 2.71. The molecular formula is C13H16O. The quantitative estimate of drug-likeness (QED) is 0.658. The average molecular weight is 188 g/mol. The number of hydrogen-bond acceptors (Lipinski definition) is 1. The fourth-order valence-electron chi connectivity index (χ4n) is 2.71. The van der Waals surface area contributed by atoms with Crippen LogP contribution in [0.4, 0.5) is 0 Å². The Morgan fingerprint density at radius 2 is 2.21 bits per heavy atom. The van der Waals surface area contributed by atoms with Crippen molar-refractivity contribution in [2.75, 3.05) is 6.61 Å². The number of benzene rings is 1. The molecule has 1 heterocycles. The minimum absolute atomic E-state index is 0.139. The van der Waals surface area contributed by atoms with Crippen LogP contribution in [0.5, 0.6) is 0 Å². The molecule has 3 rings (SSSR count). The maximum Gasteiger partial charge on any atom is 0.0959 e. The molecule has 0 N–H and O–H groups in total. The summed E-state index contributed by atoms with van der Waals surface area (Å²) >= 11 is 0. The fraction of sp³-hybridized carbons (Fsp3) is 0.538. The standard InChI is InChI=1S/C13H16O/c1-2-10-3-4-11-5-6-13(7-8-14-13)12(11)9-10/h3-4,9H,2,5-8H2,1H3. The minimum Gasteiger partial charge on any atom is -0.370 e. The first-order chi connectivity index (χ1) is 6.84. The summed E-state index contributed by atoms with van der Waals surface area (Å²) in [5.41, 5.74) is 4.59. The van der Waals surface area contributed by atoms with Crippen molar-refractivity contribution in [3.63, 3.8) is 0 Å². The third-order valence-electron chi connectivity index (χ3n) is 3.76. The summed E-state index contributed by atoms with van der Waals surface area (Å²) in [4.78, 5) is 0. The minimum atomic E-state index is 0.139. The lowest BCUT2D eigenvalue weighted by molar-refractivity contribution is -0.152. The van der Waals surface area contributed by atoms with Crippen LogP contribution in [-0.2, 0) is 23.2 Å². The summed E-state index contributed by atoms with van der Waals surface area (Å²) < 4.78 is 5.81. The molecule has 74 valence electrons. The van der Waals surface area contributed by atoms with E-state index in [1.54, 1.807) is 0 Å². The van der Waals surface area contributed by atoms with Gasteiger partial charge in [-0.2, -0.15) is 0 Å².